The Bertz CT molecular complexity index is 1110. The van der Waals surface area contributed by atoms with E-state index in [0.717, 1.165) is 6.42 Å². The minimum atomic E-state index is -0.603. The van der Waals surface area contributed by atoms with Gasteiger partial charge in [0.15, 0.2) is 11.5 Å². The van der Waals surface area contributed by atoms with Crippen molar-refractivity contribution in [3.05, 3.63) is 53.1 Å². The Morgan fingerprint density at radius 1 is 1.06 bits per heavy atom. The third kappa shape index (κ3) is 4.08. The Labute approximate surface area is 199 Å². The zero-order valence-corrected chi connectivity index (χ0v) is 20.1. The van der Waals surface area contributed by atoms with Crippen molar-refractivity contribution >= 4 is 23.4 Å². The van der Waals surface area contributed by atoms with Gasteiger partial charge in [-0.05, 0) is 37.0 Å². The molecule has 0 saturated carbocycles. The standard InChI is InChI=1S/C26H31N3O5/c1-16(2)13-14-27-21(30)10-7-15-28-24-18-11-12-20(33-3)23(34-4)22(18)26(32)29(24)19-9-6-5-8-17(19)25(28)31/h5-6,8-9,11-12,16,24H,7,10,13-15H2,1-4H3,(H,27,30)/t24-/m1/s1. The van der Waals surface area contributed by atoms with Gasteiger partial charge in [-0.1, -0.05) is 32.0 Å². The van der Waals surface area contributed by atoms with E-state index in [1.807, 2.05) is 12.1 Å². The zero-order chi connectivity index (χ0) is 24.4. The van der Waals surface area contributed by atoms with Gasteiger partial charge in [-0.3, -0.25) is 19.3 Å². The van der Waals surface area contributed by atoms with Gasteiger partial charge in [-0.2, -0.15) is 0 Å². The second-order valence-corrected chi connectivity index (χ2v) is 8.97. The van der Waals surface area contributed by atoms with Crippen LogP contribution in [-0.2, 0) is 4.79 Å². The van der Waals surface area contributed by atoms with Crippen molar-refractivity contribution in [2.45, 2.75) is 39.3 Å². The van der Waals surface area contributed by atoms with Crippen LogP contribution < -0.4 is 19.7 Å². The molecule has 0 aromatic heterocycles. The lowest BCUT2D eigenvalue weighted by atomic mass is 10.0. The van der Waals surface area contributed by atoms with Gasteiger partial charge >= 0.3 is 0 Å². The molecular weight excluding hydrogens is 434 g/mol. The summed E-state index contributed by atoms with van der Waals surface area (Å²) in [5.41, 5.74) is 2.12. The Kier molecular flexibility index (Phi) is 6.77. The van der Waals surface area contributed by atoms with Crippen LogP contribution in [0.15, 0.2) is 36.4 Å². The second kappa shape index (κ2) is 9.75. The highest BCUT2D eigenvalue weighted by Crippen LogP contribution is 2.49. The lowest BCUT2D eigenvalue weighted by Gasteiger charge is -2.41. The highest BCUT2D eigenvalue weighted by atomic mass is 16.5. The van der Waals surface area contributed by atoms with Crippen LogP contribution in [0.4, 0.5) is 5.69 Å². The van der Waals surface area contributed by atoms with E-state index in [9.17, 15) is 14.4 Å². The molecule has 4 rings (SSSR count). The molecule has 8 nitrogen and oxygen atoms in total. The second-order valence-electron chi connectivity index (χ2n) is 8.97. The van der Waals surface area contributed by atoms with Crippen LogP contribution in [0.1, 0.15) is 65.6 Å². The lowest BCUT2D eigenvalue weighted by Crippen LogP contribution is -2.48. The Balaban J connectivity index is 1.63. The maximum Gasteiger partial charge on any atom is 0.264 e. The van der Waals surface area contributed by atoms with Crippen molar-refractivity contribution in [1.82, 2.24) is 10.2 Å². The summed E-state index contributed by atoms with van der Waals surface area (Å²) >= 11 is 0. The SMILES string of the molecule is COc1ccc2c(c1OC)C(=O)N1c3ccccc3C(=O)N(CCCC(=O)NCCC(C)C)[C@@H]21. The molecule has 2 aliphatic rings. The average Bonchev–Trinajstić information content (AvgIpc) is 3.12. The van der Waals surface area contributed by atoms with Gasteiger partial charge in [-0.25, -0.2) is 0 Å². The molecule has 3 amide bonds. The number of hydrogen-bond acceptors (Lipinski definition) is 5. The van der Waals surface area contributed by atoms with E-state index in [0.29, 0.717) is 65.7 Å². The maximum absolute atomic E-state index is 13.6. The van der Waals surface area contributed by atoms with Gasteiger partial charge in [0.1, 0.15) is 6.17 Å². The molecule has 8 heteroatoms. The van der Waals surface area contributed by atoms with Crippen LogP contribution in [0, 0.1) is 5.92 Å². The molecule has 0 fully saturated rings. The molecule has 0 bridgehead atoms. The number of anilines is 1. The molecule has 2 heterocycles. The summed E-state index contributed by atoms with van der Waals surface area (Å²) in [6.45, 7) is 5.21. The number of rotatable bonds is 9. The Morgan fingerprint density at radius 2 is 1.82 bits per heavy atom. The summed E-state index contributed by atoms with van der Waals surface area (Å²) in [5.74, 6) is 0.900. The molecule has 2 aromatic carbocycles. The van der Waals surface area contributed by atoms with Crippen LogP contribution in [-0.4, -0.2) is 49.9 Å². The fraction of sp³-hybridized carbons (Fsp3) is 0.423. The topological polar surface area (TPSA) is 88.2 Å². The predicted octanol–water partition coefficient (Wildman–Crippen LogP) is 3.76. The molecular formula is C26H31N3O5. The fourth-order valence-corrected chi connectivity index (χ4v) is 4.65. The summed E-state index contributed by atoms with van der Waals surface area (Å²) in [6, 6.07) is 10.7. The van der Waals surface area contributed by atoms with E-state index in [2.05, 4.69) is 19.2 Å². The molecule has 0 spiro atoms. The molecule has 0 unspecified atom stereocenters. The third-order valence-corrected chi connectivity index (χ3v) is 6.33. The van der Waals surface area contributed by atoms with Crippen molar-refractivity contribution in [3.63, 3.8) is 0 Å². The van der Waals surface area contributed by atoms with Gasteiger partial charge in [0.2, 0.25) is 5.91 Å². The minimum absolute atomic E-state index is 0.0309. The number of nitrogens with one attached hydrogen (secondary N) is 1. The van der Waals surface area contributed by atoms with Crippen LogP contribution >= 0.6 is 0 Å². The van der Waals surface area contributed by atoms with E-state index < -0.39 is 6.17 Å². The number of carbonyl (C=O) groups is 3. The first-order valence-electron chi connectivity index (χ1n) is 11.6. The molecule has 0 radical (unpaired) electrons. The summed E-state index contributed by atoms with van der Waals surface area (Å²) in [5, 5.41) is 2.94. The molecule has 0 aliphatic carbocycles. The van der Waals surface area contributed by atoms with Crippen molar-refractivity contribution in [3.8, 4) is 11.5 Å². The first kappa shape index (κ1) is 23.6. The van der Waals surface area contributed by atoms with Crippen molar-refractivity contribution in [1.29, 1.82) is 0 Å². The summed E-state index contributed by atoms with van der Waals surface area (Å²) in [7, 11) is 3.02. The van der Waals surface area contributed by atoms with Crippen LogP contribution in [0.3, 0.4) is 0 Å². The lowest BCUT2D eigenvalue weighted by molar-refractivity contribution is -0.121. The number of methoxy groups -OCH3 is 2. The number of fused-ring (bicyclic) bond motifs is 5. The van der Waals surface area contributed by atoms with Crippen molar-refractivity contribution in [2.75, 3.05) is 32.2 Å². The molecule has 1 N–H and O–H groups in total. The largest absolute Gasteiger partial charge is 0.493 e. The Morgan fingerprint density at radius 3 is 2.53 bits per heavy atom. The third-order valence-electron chi connectivity index (χ3n) is 6.33. The van der Waals surface area contributed by atoms with Crippen molar-refractivity contribution in [2.24, 2.45) is 5.92 Å². The van der Waals surface area contributed by atoms with Crippen LogP contribution in [0.5, 0.6) is 11.5 Å². The van der Waals surface area contributed by atoms with Gasteiger partial charge in [0, 0.05) is 25.1 Å². The van der Waals surface area contributed by atoms with E-state index in [1.165, 1.54) is 14.2 Å². The fourth-order valence-electron chi connectivity index (χ4n) is 4.65. The summed E-state index contributed by atoms with van der Waals surface area (Å²) in [6.07, 6.45) is 1.12. The first-order chi connectivity index (χ1) is 16.4. The number of benzene rings is 2. The average molecular weight is 466 g/mol. The molecule has 2 aliphatic heterocycles. The van der Waals surface area contributed by atoms with E-state index in [1.54, 1.807) is 34.1 Å². The number of carbonyl (C=O) groups excluding carboxylic acids is 3. The monoisotopic (exact) mass is 465 g/mol. The highest BCUT2D eigenvalue weighted by Gasteiger charge is 2.49. The molecule has 2 aromatic rings. The molecule has 180 valence electrons. The normalized spacial score (nSPS) is 16.3. The summed E-state index contributed by atoms with van der Waals surface area (Å²) in [4.78, 5) is 42.7. The quantitative estimate of drug-likeness (QED) is 0.609. The predicted molar refractivity (Wildman–Crippen MR) is 128 cm³/mol. The van der Waals surface area contributed by atoms with Gasteiger partial charge in [-0.15, -0.1) is 0 Å². The molecule has 34 heavy (non-hydrogen) atoms. The smallest absolute Gasteiger partial charge is 0.264 e. The first-order valence-corrected chi connectivity index (χ1v) is 11.6. The minimum Gasteiger partial charge on any atom is -0.493 e. The van der Waals surface area contributed by atoms with E-state index in [-0.39, 0.29) is 17.7 Å². The van der Waals surface area contributed by atoms with Crippen LogP contribution in [0.2, 0.25) is 0 Å². The maximum atomic E-state index is 13.6. The van der Waals surface area contributed by atoms with Crippen LogP contribution in [0.25, 0.3) is 0 Å². The Hall–Kier alpha value is -3.55. The summed E-state index contributed by atoms with van der Waals surface area (Å²) < 4.78 is 10.9. The van der Waals surface area contributed by atoms with Gasteiger partial charge < -0.3 is 19.7 Å². The molecule has 1 atom stereocenters. The number of para-hydroxylation sites is 1. The van der Waals surface area contributed by atoms with E-state index >= 15 is 0 Å². The molecule has 0 saturated heterocycles. The van der Waals surface area contributed by atoms with E-state index in [4.69, 9.17) is 9.47 Å². The zero-order valence-electron chi connectivity index (χ0n) is 20.1. The number of amides is 3. The van der Waals surface area contributed by atoms with Crippen molar-refractivity contribution < 1.29 is 23.9 Å². The van der Waals surface area contributed by atoms with Gasteiger partial charge in [0.25, 0.3) is 11.8 Å². The van der Waals surface area contributed by atoms with Gasteiger partial charge in [0.05, 0.1) is 31.0 Å². The number of hydrogen-bond donors (Lipinski definition) is 1. The number of nitrogens with zero attached hydrogens (tertiary/aromatic N) is 2. The highest BCUT2D eigenvalue weighted by molar-refractivity contribution is 6.18. The number of ether oxygens (including phenoxy) is 2.